The van der Waals surface area contributed by atoms with E-state index in [2.05, 4.69) is 10.6 Å². The molecule has 108 valence electrons. The quantitative estimate of drug-likeness (QED) is 0.651. The Hall–Kier alpha value is -0.670. The van der Waals surface area contributed by atoms with E-state index >= 15 is 0 Å². The van der Waals surface area contributed by atoms with Gasteiger partial charge in [0, 0.05) is 5.41 Å². The van der Waals surface area contributed by atoms with Crippen molar-refractivity contribution in [2.24, 2.45) is 0 Å². The second-order valence-electron chi connectivity index (χ2n) is 5.27. The lowest BCUT2D eigenvalue weighted by Gasteiger charge is -2.27. The van der Waals surface area contributed by atoms with E-state index in [0.29, 0.717) is 6.42 Å². The molecule has 0 saturated carbocycles. The van der Waals surface area contributed by atoms with Crippen molar-refractivity contribution >= 4 is 37.0 Å². The number of sulfone groups is 2. The molecule has 2 heterocycles. The molecule has 2 aliphatic rings. The van der Waals surface area contributed by atoms with Crippen LogP contribution in [0.1, 0.15) is 13.3 Å². The van der Waals surface area contributed by atoms with Crippen molar-refractivity contribution in [2.75, 3.05) is 17.3 Å². The van der Waals surface area contributed by atoms with Gasteiger partial charge in [-0.3, -0.25) is 0 Å². The van der Waals surface area contributed by atoms with E-state index in [1.807, 2.05) is 0 Å². The molecule has 2 aliphatic heterocycles. The Morgan fingerprint density at radius 3 is 2.53 bits per heavy atom. The number of rotatable bonds is 2. The molecule has 19 heavy (non-hydrogen) atoms. The van der Waals surface area contributed by atoms with Crippen molar-refractivity contribution in [3.05, 3.63) is 11.5 Å². The average Bonchev–Trinajstić information content (AvgIpc) is 2.66. The van der Waals surface area contributed by atoms with Gasteiger partial charge in [0.25, 0.3) is 0 Å². The van der Waals surface area contributed by atoms with Crippen LogP contribution in [0.25, 0.3) is 0 Å². The molecule has 1 fully saturated rings. The highest BCUT2D eigenvalue weighted by molar-refractivity contribution is 7.94. The van der Waals surface area contributed by atoms with Gasteiger partial charge in [-0.25, -0.2) is 16.8 Å². The topological polar surface area (TPSA) is 92.3 Å². The summed E-state index contributed by atoms with van der Waals surface area (Å²) in [6.07, 6.45) is 2.03. The van der Waals surface area contributed by atoms with E-state index in [4.69, 9.17) is 12.2 Å². The van der Waals surface area contributed by atoms with E-state index in [1.54, 1.807) is 6.92 Å². The highest BCUT2D eigenvalue weighted by atomic mass is 32.2. The van der Waals surface area contributed by atoms with Crippen LogP contribution >= 0.6 is 12.2 Å². The van der Waals surface area contributed by atoms with Gasteiger partial charge < -0.3 is 10.6 Å². The zero-order chi connectivity index (χ0) is 14.3. The maximum absolute atomic E-state index is 11.5. The van der Waals surface area contributed by atoms with E-state index in [-0.39, 0.29) is 28.4 Å². The van der Waals surface area contributed by atoms with E-state index in [0.717, 1.165) is 5.41 Å². The fraction of sp³-hybridized carbons (Fsp3) is 0.700. The van der Waals surface area contributed by atoms with Crippen molar-refractivity contribution < 1.29 is 16.8 Å². The van der Waals surface area contributed by atoms with E-state index in [1.165, 1.54) is 6.08 Å². The van der Waals surface area contributed by atoms with E-state index < -0.39 is 25.2 Å². The third-order valence-corrected chi connectivity index (χ3v) is 6.68. The van der Waals surface area contributed by atoms with Gasteiger partial charge in [-0.2, -0.15) is 0 Å². The fourth-order valence-corrected chi connectivity index (χ4v) is 5.98. The highest BCUT2D eigenvalue weighted by Crippen LogP contribution is 2.22. The normalized spacial score (nSPS) is 35.1. The summed E-state index contributed by atoms with van der Waals surface area (Å²) in [5.41, 5.74) is -0.579. The largest absolute Gasteiger partial charge is 0.357 e. The van der Waals surface area contributed by atoms with Crippen molar-refractivity contribution in [1.82, 2.24) is 10.6 Å². The zero-order valence-electron chi connectivity index (χ0n) is 10.4. The van der Waals surface area contributed by atoms with Crippen molar-refractivity contribution in [3.63, 3.8) is 0 Å². The molecule has 2 atom stereocenters. The summed E-state index contributed by atoms with van der Waals surface area (Å²) in [4.78, 5) is 0. The summed E-state index contributed by atoms with van der Waals surface area (Å²) in [7, 11) is -6.13. The third-order valence-electron chi connectivity index (χ3n) is 3.17. The second-order valence-corrected chi connectivity index (χ2v) is 9.79. The molecule has 0 aromatic carbocycles. The van der Waals surface area contributed by atoms with Crippen molar-refractivity contribution in [2.45, 2.75) is 24.9 Å². The van der Waals surface area contributed by atoms with Gasteiger partial charge in [0.2, 0.25) is 0 Å². The third kappa shape index (κ3) is 3.90. The summed E-state index contributed by atoms with van der Waals surface area (Å²) >= 11 is 5.10. The molecule has 0 radical (unpaired) electrons. The Bertz CT molecular complexity index is 623. The lowest BCUT2D eigenvalue weighted by molar-refractivity contribution is 0.467. The van der Waals surface area contributed by atoms with Crippen LogP contribution in [0.2, 0.25) is 0 Å². The predicted octanol–water partition coefficient (Wildman–Crippen LogP) is -0.662. The first-order chi connectivity index (χ1) is 8.59. The average molecular weight is 324 g/mol. The van der Waals surface area contributed by atoms with Crippen LogP contribution in [0.4, 0.5) is 0 Å². The number of hydrogen-bond acceptors (Lipinski definition) is 5. The van der Waals surface area contributed by atoms with Crippen LogP contribution in [0.5, 0.6) is 0 Å². The zero-order valence-corrected chi connectivity index (χ0v) is 12.9. The Morgan fingerprint density at radius 2 is 2.05 bits per heavy atom. The van der Waals surface area contributed by atoms with Crippen LogP contribution in [0.15, 0.2) is 11.5 Å². The molecule has 0 aliphatic carbocycles. The van der Waals surface area contributed by atoms with E-state index in [9.17, 15) is 16.8 Å². The van der Waals surface area contributed by atoms with Crippen LogP contribution in [0.3, 0.4) is 0 Å². The molecule has 0 unspecified atom stereocenters. The standard InChI is InChI=1S/C10H16N2O4S3/c1-10(3-5-19(15,16)7-10)12-9(17)11-8-2-4-18(13,14)6-8/h2,4,8H,3,5-7H2,1H3,(H2,11,12,17)/t8-,10+/m0/s1. The Kier molecular flexibility index (Phi) is 3.65. The summed E-state index contributed by atoms with van der Waals surface area (Å²) in [6.45, 7) is 1.80. The highest BCUT2D eigenvalue weighted by Gasteiger charge is 2.39. The van der Waals surface area contributed by atoms with Crippen LogP contribution in [-0.2, 0) is 19.7 Å². The minimum absolute atomic E-state index is 0.0240. The predicted molar refractivity (Wildman–Crippen MR) is 77.3 cm³/mol. The maximum atomic E-state index is 11.5. The maximum Gasteiger partial charge on any atom is 0.173 e. The van der Waals surface area contributed by atoms with Gasteiger partial charge in [0.1, 0.15) is 0 Å². The fourth-order valence-electron chi connectivity index (χ4n) is 2.25. The minimum Gasteiger partial charge on any atom is -0.357 e. The summed E-state index contributed by atoms with van der Waals surface area (Å²) in [6, 6.07) is -0.355. The first-order valence-electron chi connectivity index (χ1n) is 5.79. The monoisotopic (exact) mass is 324 g/mol. The minimum atomic E-state index is -3.13. The van der Waals surface area contributed by atoms with Crippen molar-refractivity contribution in [1.29, 1.82) is 0 Å². The van der Waals surface area contributed by atoms with Gasteiger partial charge in [-0.05, 0) is 31.6 Å². The molecule has 6 nitrogen and oxygen atoms in total. The van der Waals surface area contributed by atoms with Gasteiger partial charge >= 0.3 is 0 Å². The second kappa shape index (κ2) is 4.71. The Morgan fingerprint density at radius 1 is 1.37 bits per heavy atom. The first kappa shape index (κ1) is 14.7. The molecule has 2 rings (SSSR count). The Balaban J connectivity index is 1.91. The molecule has 0 spiro atoms. The first-order valence-corrected chi connectivity index (χ1v) is 9.74. The number of nitrogens with one attached hydrogen (secondary N) is 2. The van der Waals surface area contributed by atoms with Gasteiger partial charge in [-0.1, -0.05) is 0 Å². The molecular formula is C10H16N2O4S3. The summed E-state index contributed by atoms with van der Waals surface area (Å²) < 4.78 is 45.4. The van der Waals surface area contributed by atoms with Crippen LogP contribution in [0, 0.1) is 0 Å². The smallest absolute Gasteiger partial charge is 0.173 e. The van der Waals surface area contributed by atoms with Crippen molar-refractivity contribution in [3.8, 4) is 0 Å². The molecular weight excluding hydrogens is 308 g/mol. The lowest BCUT2D eigenvalue weighted by Crippen LogP contribution is -2.53. The molecule has 0 aromatic rings. The van der Waals surface area contributed by atoms with Crippen LogP contribution in [-0.4, -0.2) is 50.8 Å². The molecule has 9 heteroatoms. The number of thiocarbonyl (C=S) groups is 1. The summed E-state index contributed by atoms with van der Waals surface area (Å²) in [5, 5.41) is 7.30. The molecule has 2 N–H and O–H groups in total. The van der Waals surface area contributed by atoms with Gasteiger partial charge in [-0.15, -0.1) is 0 Å². The molecule has 0 aromatic heterocycles. The lowest BCUT2D eigenvalue weighted by atomic mass is 10.0. The van der Waals surface area contributed by atoms with Gasteiger partial charge in [0.15, 0.2) is 24.8 Å². The van der Waals surface area contributed by atoms with Crippen LogP contribution < -0.4 is 10.6 Å². The molecule has 0 bridgehead atoms. The van der Waals surface area contributed by atoms with Gasteiger partial charge in [0.05, 0.1) is 28.8 Å². The molecule has 1 saturated heterocycles. The summed E-state index contributed by atoms with van der Waals surface area (Å²) in [5.74, 6) is 0.168. The molecule has 0 amide bonds. The Labute approximate surface area is 118 Å². The SMILES string of the molecule is C[C@@]1(NC(=S)N[C@H]2C=CS(=O)(=O)C2)CCS(=O)(=O)C1. The number of hydrogen-bond donors (Lipinski definition) is 2.